The number of carbonyl (C=O) groups excluding carboxylic acids is 1. The predicted octanol–water partition coefficient (Wildman–Crippen LogP) is 4.18. The van der Waals surface area contributed by atoms with E-state index in [0.717, 1.165) is 4.90 Å². The van der Waals surface area contributed by atoms with Gasteiger partial charge < -0.3 is 14.7 Å². The average molecular weight is 520 g/mol. The normalized spacial score (nSPS) is 21.1. The first-order chi connectivity index (χ1) is 19.4. The number of aliphatic hydroxyl groups is 1. The Kier molecular flexibility index (Phi) is 4.64. The molecule has 38 heavy (non-hydrogen) atoms. The summed E-state index contributed by atoms with van der Waals surface area (Å²) in [6.45, 7) is -4.52. The first kappa shape index (κ1) is 20.6. The highest BCUT2D eigenvalue weighted by molar-refractivity contribution is 5.98. The largest absolute Gasteiger partial charge is 0.434 e. The number of nitrogens with zero attached hydrogens (tertiary/aromatic N) is 6. The van der Waals surface area contributed by atoms with E-state index in [0.29, 0.717) is 27.9 Å². The fourth-order valence-electron chi connectivity index (χ4n) is 5.36. The molecule has 6 rings (SSSR count). The molecule has 9 nitrogen and oxygen atoms in total. The molecule has 1 aromatic carbocycles. The van der Waals surface area contributed by atoms with Crippen molar-refractivity contribution >= 4 is 11.4 Å². The molecule has 0 spiro atoms. The van der Waals surface area contributed by atoms with Crippen molar-refractivity contribution < 1.29 is 27.5 Å². The molecule has 4 heterocycles. The monoisotopic (exact) mass is 519 g/mol. The fourth-order valence-corrected chi connectivity index (χ4v) is 5.36. The predicted molar refractivity (Wildman–Crippen MR) is 130 cm³/mol. The van der Waals surface area contributed by atoms with Gasteiger partial charge in [-0.3, -0.25) is 4.79 Å². The Morgan fingerprint density at radius 2 is 2.08 bits per heavy atom. The van der Waals surface area contributed by atoms with Crippen LogP contribution in [-0.2, 0) is 5.60 Å². The van der Waals surface area contributed by atoms with Crippen molar-refractivity contribution in [3.63, 3.8) is 0 Å². The molecule has 2 aliphatic rings. The number of nitriles is 1. The minimum Gasteiger partial charge on any atom is -0.434 e. The Balaban J connectivity index is 1.52. The average Bonchev–Trinajstić information content (AvgIpc) is 3.40. The summed E-state index contributed by atoms with van der Waals surface area (Å²) in [4.78, 5) is 22.8. The number of amides is 1. The van der Waals surface area contributed by atoms with Gasteiger partial charge >= 0.3 is 6.61 Å². The molecular weight excluding hydrogens is 494 g/mol. The molecular formula is C27H22F2N6O3. The number of hydrogen-bond donors (Lipinski definition) is 1. The van der Waals surface area contributed by atoms with E-state index in [4.69, 9.17) is 14.1 Å². The maximum atomic E-state index is 13.6. The maximum absolute atomic E-state index is 13.6. The molecule has 4 aromatic rings. The van der Waals surface area contributed by atoms with Crippen LogP contribution in [0, 0.1) is 11.3 Å². The summed E-state index contributed by atoms with van der Waals surface area (Å²) in [5, 5.41) is 24.0. The summed E-state index contributed by atoms with van der Waals surface area (Å²) in [7, 11) is 0. The van der Waals surface area contributed by atoms with Gasteiger partial charge in [-0.2, -0.15) is 19.1 Å². The van der Waals surface area contributed by atoms with Crippen molar-refractivity contribution in [2.24, 2.45) is 0 Å². The zero-order valence-electron chi connectivity index (χ0n) is 23.0. The van der Waals surface area contributed by atoms with Crippen LogP contribution >= 0.6 is 0 Å². The number of halogens is 2. The zero-order chi connectivity index (χ0) is 29.3. The van der Waals surface area contributed by atoms with Crippen LogP contribution in [0.1, 0.15) is 68.8 Å². The highest BCUT2D eigenvalue weighted by Gasteiger charge is 2.46. The van der Waals surface area contributed by atoms with E-state index in [1.807, 2.05) is 6.07 Å². The van der Waals surface area contributed by atoms with Gasteiger partial charge in [-0.05, 0) is 43.2 Å². The summed E-state index contributed by atoms with van der Waals surface area (Å²) in [6.07, 6.45) is 4.64. The first-order valence-corrected chi connectivity index (χ1v) is 11.8. The molecule has 0 saturated carbocycles. The molecule has 1 aliphatic heterocycles. The summed E-state index contributed by atoms with van der Waals surface area (Å²) in [5.41, 5.74) is 1.50. The molecule has 1 aliphatic carbocycles. The highest BCUT2D eigenvalue weighted by atomic mass is 19.3. The van der Waals surface area contributed by atoms with Gasteiger partial charge in [-0.1, -0.05) is 6.07 Å². The van der Waals surface area contributed by atoms with Gasteiger partial charge in [0.2, 0.25) is 0 Å². The second-order valence-electron chi connectivity index (χ2n) is 9.52. The molecule has 3 aromatic heterocycles. The number of pyridine rings is 1. The van der Waals surface area contributed by atoms with Crippen LogP contribution in [-0.4, -0.2) is 49.1 Å². The molecule has 2 bridgehead atoms. The lowest BCUT2D eigenvalue weighted by Gasteiger charge is -2.23. The maximum Gasteiger partial charge on any atom is 0.387 e. The lowest BCUT2D eigenvalue weighted by Crippen LogP contribution is -2.30. The Morgan fingerprint density at radius 3 is 2.79 bits per heavy atom. The standard InChI is InChI=1S/C27H22F2N6O3/c1-27(37,7-8-30)25-31-12-15(13-32-25)14-6-9-35-18(10-14)22-17-11-19(23(22)33-35)34(2)24(36)16-4-3-5-20(21(16)17)38-26(28)29/h3-6,9-10,12-13,17,19,26,37H,7,11H2,1-2H3/t17-,19-,27+/m1/s1/i2D3. The van der Waals surface area contributed by atoms with Gasteiger partial charge in [0, 0.05) is 57.9 Å². The second kappa shape index (κ2) is 8.56. The van der Waals surface area contributed by atoms with E-state index in [-0.39, 0.29) is 35.5 Å². The van der Waals surface area contributed by atoms with Crippen molar-refractivity contribution in [2.75, 3.05) is 6.98 Å². The van der Waals surface area contributed by atoms with E-state index >= 15 is 0 Å². The van der Waals surface area contributed by atoms with Gasteiger partial charge in [0.15, 0.2) is 5.82 Å². The van der Waals surface area contributed by atoms with Gasteiger partial charge in [-0.25, -0.2) is 14.5 Å². The summed E-state index contributed by atoms with van der Waals surface area (Å²) in [5.74, 6) is -1.56. The summed E-state index contributed by atoms with van der Waals surface area (Å²) >= 11 is 0. The molecule has 1 N–H and O–H groups in total. The van der Waals surface area contributed by atoms with Crippen molar-refractivity contribution in [1.82, 2.24) is 24.5 Å². The van der Waals surface area contributed by atoms with Crippen molar-refractivity contribution in [3.8, 4) is 22.9 Å². The van der Waals surface area contributed by atoms with Crippen LogP contribution in [0.25, 0.3) is 16.6 Å². The molecule has 0 radical (unpaired) electrons. The minimum atomic E-state index is -3.15. The number of alkyl halides is 2. The molecule has 3 atom stereocenters. The molecule has 1 amide bonds. The quantitative estimate of drug-likeness (QED) is 0.421. The van der Waals surface area contributed by atoms with E-state index in [1.54, 1.807) is 22.8 Å². The Hall–Kier alpha value is -4.43. The van der Waals surface area contributed by atoms with Crippen molar-refractivity contribution in [2.45, 2.75) is 43.9 Å². The van der Waals surface area contributed by atoms with Crippen LogP contribution in [0.2, 0.25) is 0 Å². The molecule has 192 valence electrons. The second-order valence-corrected chi connectivity index (χ2v) is 9.52. The molecule has 0 saturated heterocycles. The topological polar surface area (TPSA) is 117 Å². The van der Waals surface area contributed by atoms with Crippen molar-refractivity contribution in [1.29, 1.82) is 5.26 Å². The number of fused-ring (bicyclic) bond motifs is 9. The molecule has 0 fully saturated rings. The highest BCUT2D eigenvalue weighted by Crippen LogP contribution is 2.53. The van der Waals surface area contributed by atoms with Gasteiger partial charge in [0.25, 0.3) is 5.91 Å². The zero-order valence-corrected chi connectivity index (χ0v) is 20.0. The molecule has 11 heteroatoms. The van der Waals surface area contributed by atoms with E-state index < -0.39 is 37.1 Å². The first-order valence-electron chi connectivity index (χ1n) is 13.3. The SMILES string of the molecule is [2H]C([2H])([2H])N1C(=O)c2cccc(OC(F)F)c2[C@H]2C[C@@H]1c1nn3ccc(-c4cnc([C@@](C)(O)CC#N)nc4)cc3c12. The van der Waals surface area contributed by atoms with Crippen LogP contribution < -0.4 is 4.74 Å². The number of ether oxygens (including phenoxy) is 1. The van der Waals surface area contributed by atoms with Crippen LogP contribution in [0.5, 0.6) is 5.75 Å². The fraction of sp³-hybridized carbons (Fsp3) is 0.296. The lowest BCUT2D eigenvalue weighted by molar-refractivity contribution is -0.0505. The number of hydrogen-bond acceptors (Lipinski definition) is 7. The number of benzene rings is 1. The van der Waals surface area contributed by atoms with Crippen molar-refractivity contribution in [3.05, 3.63) is 77.1 Å². The van der Waals surface area contributed by atoms with E-state index in [2.05, 4.69) is 15.1 Å². The van der Waals surface area contributed by atoms with Gasteiger partial charge in [-0.15, -0.1) is 0 Å². The number of aromatic nitrogens is 4. The third-order valence-electron chi connectivity index (χ3n) is 7.11. The Morgan fingerprint density at radius 1 is 1.29 bits per heavy atom. The van der Waals surface area contributed by atoms with Crippen LogP contribution in [0.3, 0.4) is 0 Å². The number of carbonyl (C=O) groups is 1. The van der Waals surface area contributed by atoms with Gasteiger partial charge in [0.05, 0.1) is 29.7 Å². The smallest absolute Gasteiger partial charge is 0.387 e. The summed E-state index contributed by atoms with van der Waals surface area (Å²) in [6, 6.07) is 8.68. The lowest BCUT2D eigenvalue weighted by atomic mass is 9.88. The Labute approximate surface area is 220 Å². The van der Waals surface area contributed by atoms with E-state index in [1.165, 1.54) is 37.5 Å². The number of rotatable bonds is 5. The third-order valence-corrected chi connectivity index (χ3v) is 7.11. The Bertz CT molecular complexity index is 1730. The van der Waals surface area contributed by atoms with Crippen LogP contribution in [0.4, 0.5) is 8.78 Å². The summed E-state index contributed by atoms with van der Waals surface area (Å²) < 4.78 is 57.6. The minimum absolute atomic E-state index is 0.0126. The molecule has 0 unspecified atom stereocenters. The van der Waals surface area contributed by atoms with Gasteiger partial charge in [0.1, 0.15) is 11.4 Å². The van der Waals surface area contributed by atoms with E-state index in [9.17, 15) is 18.7 Å². The third kappa shape index (κ3) is 3.60. The van der Waals surface area contributed by atoms with Crippen LogP contribution in [0.15, 0.2) is 48.9 Å².